The van der Waals surface area contributed by atoms with Crippen molar-refractivity contribution in [1.82, 2.24) is 10.6 Å². The molecule has 0 bridgehead atoms. The van der Waals surface area contributed by atoms with Gasteiger partial charge in [-0.05, 0) is 61.1 Å². The van der Waals surface area contributed by atoms with Crippen LogP contribution >= 0.6 is 12.2 Å². The standard InChI is InChI=1S/C21H23N3O5S/c1-28-12-4-11-22-18(25)14-7-9-17(10-8-14)23-21(30)24-19(26)15-5-3-6-16(13-15)20(27)29-2/h3,5-10,13H,4,11-12H2,1-2H3,(H,22,25)(H2,23,24,26,30). The lowest BCUT2D eigenvalue weighted by Crippen LogP contribution is -2.34. The average molecular weight is 429 g/mol. The molecule has 0 aliphatic rings. The number of carbonyl (C=O) groups is 3. The van der Waals surface area contributed by atoms with Crippen LogP contribution in [0.25, 0.3) is 0 Å². The minimum Gasteiger partial charge on any atom is -0.465 e. The van der Waals surface area contributed by atoms with Crippen molar-refractivity contribution in [3.05, 3.63) is 65.2 Å². The van der Waals surface area contributed by atoms with Crippen LogP contribution < -0.4 is 16.0 Å². The number of carbonyl (C=O) groups excluding carboxylic acids is 3. The highest BCUT2D eigenvalue weighted by Crippen LogP contribution is 2.10. The monoisotopic (exact) mass is 429 g/mol. The number of hydrogen-bond acceptors (Lipinski definition) is 6. The van der Waals surface area contributed by atoms with Gasteiger partial charge in [-0.25, -0.2) is 4.79 Å². The van der Waals surface area contributed by atoms with E-state index in [1.54, 1.807) is 49.6 Å². The Morgan fingerprint density at radius 1 is 0.933 bits per heavy atom. The number of esters is 1. The first-order chi connectivity index (χ1) is 14.4. The molecule has 0 saturated carbocycles. The molecule has 3 N–H and O–H groups in total. The van der Waals surface area contributed by atoms with E-state index < -0.39 is 11.9 Å². The molecule has 0 atom stereocenters. The Balaban J connectivity index is 1.89. The van der Waals surface area contributed by atoms with E-state index in [0.29, 0.717) is 24.4 Å². The molecule has 0 spiro atoms. The van der Waals surface area contributed by atoms with E-state index in [-0.39, 0.29) is 22.1 Å². The topological polar surface area (TPSA) is 106 Å². The van der Waals surface area contributed by atoms with Gasteiger partial charge < -0.3 is 20.1 Å². The molecule has 0 radical (unpaired) electrons. The van der Waals surface area contributed by atoms with Gasteiger partial charge in [0.05, 0.1) is 12.7 Å². The van der Waals surface area contributed by atoms with E-state index in [4.69, 9.17) is 17.0 Å². The maximum atomic E-state index is 12.3. The van der Waals surface area contributed by atoms with Crippen molar-refractivity contribution < 1.29 is 23.9 Å². The highest BCUT2D eigenvalue weighted by Gasteiger charge is 2.12. The number of rotatable bonds is 8. The number of amides is 2. The molecule has 0 heterocycles. The van der Waals surface area contributed by atoms with E-state index in [9.17, 15) is 14.4 Å². The molecule has 2 rings (SSSR count). The summed E-state index contributed by atoms with van der Waals surface area (Å²) in [6.07, 6.45) is 0.735. The fourth-order valence-corrected chi connectivity index (χ4v) is 2.68. The zero-order chi connectivity index (χ0) is 21.9. The Hall–Kier alpha value is -3.30. The fraction of sp³-hybridized carbons (Fsp3) is 0.238. The van der Waals surface area contributed by atoms with Gasteiger partial charge in [-0.1, -0.05) is 6.07 Å². The summed E-state index contributed by atoms with van der Waals surface area (Å²) >= 11 is 5.16. The van der Waals surface area contributed by atoms with Gasteiger partial charge in [0.2, 0.25) is 0 Å². The summed E-state index contributed by atoms with van der Waals surface area (Å²) in [6, 6.07) is 12.8. The van der Waals surface area contributed by atoms with Gasteiger partial charge >= 0.3 is 5.97 Å². The minimum atomic E-state index is -0.534. The predicted octanol–water partition coefficient (Wildman–Crippen LogP) is 2.37. The molecule has 2 aromatic carbocycles. The first-order valence-electron chi connectivity index (χ1n) is 9.12. The molecule has 0 fully saturated rings. The number of nitrogens with one attached hydrogen (secondary N) is 3. The summed E-state index contributed by atoms with van der Waals surface area (Å²) in [5.74, 6) is -1.18. The second-order valence-electron chi connectivity index (χ2n) is 6.16. The van der Waals surface area contributed by atoms with Gasteiger partial charge in [0, 0.05) is 37.1 Å². The van der Waals surface area contributed by atoms with Gasteiger partial charge in [-0.15, -0.1) is 0 Å². The Morgan fingerprint density at radius 3 is 2.30 bits per heavy atom. The predicted molar refractivity (Wildman–Crippen MR) is 117 cm³/mol. The third-order valence-corrected chi connectivity index (χ3v) is 4.19. The largest absolute Gasteiger partial charge is 0.465 e. The molecule has 9 heteroatoms. The van der Waals surface area contributed by atoms with Crippen LogP contribution in [0, 0.1) is 0 Å². The van der Waals surface area contributed by atoms with Gasteiger partial charge in [-0.3, -0.25) is 14.9 Å². The average Bonchev–Trinajstić information content (AvgIpc) is 2.76. The Kier molecular flexibility index (Phi) is 8.92. The van der Waals surface area contributed by atoms with Crippen LogP contribution in [0.5, 0.6) is 0 Å². The van der Waals surface area contributed by atoms with Crippen molar-refractivity contribution in [2.24, 2.45) is 0 Å². The SMILES string of the molecule is COCCCNC(=O)c1ccc(NC(=S)NC(=O)c2cccc(C(=O)OC)c2)cc1. The zero-order valence-electron chi connectivity index (χ0n) is 16.7. The minimum absolute atomic E-state index is 0.0836. The van der Waals surface area contributed by atoms with E-state index in [1.807, 2.05) is 0 Å². The third-order valence-electron chi connectivity index (χ3n) is 3.99. The van der Waals surface area contributed by atoms with Crippen LogP contribution in [0.1, 0.15) is 37.5 Å². The molecule has 158 valence electrons. The molecule has 0 aliphatic carbocycles. The zero-order valence-corrected chi connectivity index (χ0v) is 17.5. The number of thiocarbonyl (C=S) groups is 1. The molecular formula is C21H23N3O5S. The van der Waals surface area contributed by atoms with Crippen LogP contribution in [0.3, 0.4) is 0 Å². The summed E-state index contributed by atoms with van der Waals surface area (Å²) in [7, 11) is 2.88. The molecule has 0 unspecified atom stereocenters. The smallest absolute Gasteiger partial charge is 0.337 e. The van der Waals surface area contributed by atoms with Crippen molar-refractivity contribution in [1.29, 1.82) is 0 Å². The van der Waals surface area contributed by atoms with Crippen molar-refractivity contribution in [3.63, 3.8) is 0 Å². The number of anilines is 1. The lowest BCUT2D eigenvalue weighted by atomic mass is 10.1. The van der Waals surface area contributed by atoms with Crippen LogP contribution in [-0.4, -0.2) is 50.3 Å². The quantitative estimate of drug-likeness (QED) is 0.336. The maximum Gasteiger partial charge on any atom is 0.337 e. The van der Waals surface area contributed by atoms with E-state index in [1.165, 1.54) is 13.2 Å². The van der Waals surface area contributed by atoms with Crippen molar-refractivity contribution in [3.8, 4) is 0 Å². The molecule has 0 aromatic heterocycles. The molecule has 0 saturated heterocycles. The van der Waals surface area contributed by atoms with Crippen LogP contribution in [0.2, 0.25) is 0 Å². The number of methoxy groups -OCH3 is 2. The van der Waals surface area contributed by atoms with E-state index >= 15 is 0 Å². The van der Waals surface area contributed by atoms with Crippen LogP contribution in [0.4, 0.5) is 5.69 Å². The Morgan fingerprint density at radius 2 is 1.63 bits per heavy atom. The molecule has 2 amide bonds. The van der Waals surface area contributed by atoms with Crippen molar-refractivity contribution in [2.75, 3.05) is 32.7 Å². The highest BCUT2D eigenvalue weighted by molar-refractivity contribution is 7.80. The first-order valence-corrected chi connectivity index (χ1v) is 9.53. The second-order valence-corrected chi connectivity index (χ2v) is 6.57. The van der Waals surface area contributed by atoms with Crippen molar-refractivity contribution in [2.45, 2.75) is 6.42 Å². The van der Waals surface area contributed by atoms with Crippen LogP contribution in [0.15, 0.2) is 48.5 Å². The van der Waals surface area contributed by atoms with E-state index in [2.05, 4.69) is 20.7 Å². The van der Waals surface area contributed by atoms with Crippen LogP contribution in [-0.2, 0) is 9.47 Å². The van der Waals surface area contributed by atoms with E-state index in [0.717, 1.165) is 6.42 Å². The lowest BCUT2D eigenvalue weighted by Gasteiger charge is -2.11. The van der Waals surface area contributed by atoms with Crippen molar-refractivity contribution >= 4 is 40.8 Å². The first kappa shape index (κ1) is 23.0. The van der Waals surface area contributed by atoms with Gasteiger partial charge in [0.1, 0.15) is 0 Å². The van der Waals surface area contributed by atoms with Gasteiger partial charge in [-0.2, -0.15) is 0 Å². The fourth-order valence-electron chi connectivity index (χ4n) is 2.47. The summed E-state index contributed by atoms with van der Waals surface area (Å²) in [4.78, 5) is 36.0. The Labute approximate surface area is 179 Å². The molecule has 8 nitrogen and oxygen atoms in total. The second kappa shape index (κ2) is 11.6. The summed E-state index contributed by atoms with van der Waals surface area (Å²) in [6.45, 7) is 1.11. The molecular weight excluding hydrogens is 406 g/mol. The number of hydrogen-bond donors (Lipinski definition) is 3. The summed E-state index contributed by atoms with van der Waals surface area (Å²) in [5.41, 5.74) is 1.65. The maximum absolute atomic E-state index is 12.3. The molecule has 30 heavy (non-hydrogen) atoms. The normalized spacial score (nSPS) is 10.1. The Bertz CT molecular complexity index is 915. The molecule has 2 aromatic rings. The summed E-state index contributed by atoms with van der Waals surface area (Å²) < 4.78 is 9.58. The lowest BCUT2D eigenvalue weighted by molar-refractivity contribution is 0.0600. The third kappa shape index (κ3) is 6.94. The highest BCUT2D eigenvalue weighted by atomic mass is 32.1. The number of benzene rings is 2. The number of ether oxygens (including phenoxy) is 2. The van der Waals surface area contributed by atoms with Gasteiger partial charge in [0.25, 0.3) is 11.8 Å². The van der Waals surface area contributed by atoms with Gasteiger partial charge in [0.15, 0.2) is 5.11 Å². The molecule has 0 aliphatic heterocycles. The summed E-state index contributed by atoms with van der Waals surface area (Å²) in [5, 5.41) is 8.30.